The van der Waals surface area contributed by atoms with Crippen LogP contribution in [0.25, 0.3) is 0 Å². The van der Waals surface area contributed by atoms with E-state index in [0.29, 0.717) is 27.0 Å². The molecule has 1 unspecified atom stereocenters. The van der Waals surface area contributed by atoms with Gasteiger partial charge in [0.1, 0.15) is 11.5 Å². The first-order valence-corrected chi connectivity index (χ1v) is 10.8. The lowest BCUT2D eigenvalue weighted by molar-refractivity contribution is -0.253. The molecule has 0 aliphatic carbocycles. The molecule has 176 valence electrons. The molecular formula is C24H16Cl2F4N2O2. The summed E-state index contributed by atoms with van der Waals surface area (Å²) in [7, 11) is 0. The molecule has 1 atom stereocenters. The molecule has 1 heterocycles. The Labute approximate surface area is 202 Å². The van der Waals surface area contributed by atoms with Gasteiger partial charge in [-0.05, 0) is 66.2 Å². The van der Waals surface area contributed by atoms with Gasteiger partial charge in [0.25, 0.3) is 5.91 Å². The predicted molar refractivity (Wildman–Crippen MR) is 123 cm³/mol. The first-order chi connectivity index (χ1) is 16.1. The molecule has 0 aromatic heterocycles. The summed E-state index contributed by atoms with van der Waals surface area (Å²) in [5.41, 5.74) is 1.65. The number of aliphatic imine (C=N–C) groups is 1. The van der Waals surface area contributed by atoms with Crippen LogP contribution in [-0.2, 0) is 4.79 Å². The minimum atomic E-state index is -4.65. The number of carbonyl (C=O) groups is 1. The largest absolute Gasteiger partial charge is 0.461 e. The summed E-state index contributed by atoms with van der Waals surface area (Å²) in [6, 6.07) is 17.8. The Balaban J connectivity index is 1.73. The van der Waals surface area contributed by atoms with Crippen molar-refractivity contribution in [2.75, 3.05) is 4.90 Å². The maximum atomic E-state index is 13.4. The van der Waals surface area contributed by atoms with Crippen molar-refractivity contribution < 1.29 is 27.1 Å². The van der Waals surface area contributed by atoms with Gasteiger partial charge in [-0.1, -0.05) is 35.3 Å². The third kappa shape index (κ3) is 5.18. The molecule has 3 aromatic carbocycles. The molecule has 0 bridgehead atoms. The molecule has 3 aromatic rings. The Morgan fingerprint density at radius 2 is 1.59 bits per heavy atom. The summed E-state index contributed by atoms with van der Waals surface area (Å²) in [6.45, 7) is 0. The molecule has 1 saturated heterocycles. The molecule has 1 amide bonds. The highest BCUT2D eigenvalue weighted by Crippen LogP contribution is 2.39. The van der Waals surface area contributed by atoms with Crippen LogP contribution in [0, 0.1) is 0 Å². The SMILES string of the molecule is O=C1C(=Nc2ccc(Cl)cc2)CC(c2cccc(OC(F)(F)C(F)F)c2)N1c1ccc(Cl)cc1. The number of rotatable bonds is 6. The van der Waals surface area contributed by atoms with Gasteiger partial charge in [0.2, 0.25) is 0 Å². The summed E-state index contributed by atoms with van der Waals surface area (Å²) in [5, 5.41) is 0.978. The summed E-state index contributed by atoms with van der Waals surface area (Å²) >= 11 is 11.9. The molecule has 0 N–H and O–H groups in total. The lowest BCUT2D eigenvalue weighted by atomic mass is 10.0. The van der Waals surface area contributed by atoms with Gasteiger partial charge in [-0.3, -0.25) is 9.69 Å². The Morgan fingerprint density at radius 1 is 0.971 bits per heavy atom. The van der Waals surface area contributed by atoms with Crippen LogP contribution in [0.4, 0.5) is 28.9 Å². The number of hydrogen-bond acceptors (Lipinski definition) is 3. The maximum Gasteiger partial charge on any atom is 0.461 e. The zero-order valence-corrected chi connectivity index (χ0v) is 18.8. The van der Waals surface area contributed by atoms with Gasteiger partial charge < -0.3 is 4.74 Å². The number of anilines is 1. The number of halogens is 6. The fraction of sp³-hybridized carbons (Fsp3) is 0.167. The number of hydrogen-bond donors (Lipinski definition) is 0. The normalized spacial score (nSPS) is 17.6. The second kappa shape index (κ2) is 9.64. The molecular weight excluding hydrogens is 495 g/mol. The van der Waals surface area contributed by atoms with Crippen molar-refractivity contribution in [2.24, 2.45) is 4.99 Å². The van der Waals surface area contributed by atoms with Gasteiger partial charge in [-0.2, -0.15) is 17.6 Å². The molecule has 10 heteroatoms. The van der Waals surface area contributed by atoms with Gasteiger partial charge in [0.15, 0.2) is 0 Å². The molecule has 1 aliphatic heterocycles. The zero-order valence-electron chi connectivity index (χ0n) is 17.3. The fourth-order valence-corrected chi connectivity index (χ4v) is 3.81. The van der Waals surface area contributed by atoms with Crippen LogP contribution in [0.3, 0.4) is 0 Å². The average molecular weight is 511 g/mol. The van der Waals surface area contributed by atoms with Crippen LogP contribution in [-0.4, -0.2) is 24.2 Å². The van der Waals surface area contributed by atoms with E-state index in [1.807, 2.05) is 0 Å². The topological polar surface area (TPSA) is 41.9 Å². The molecule has 0 saturated carbocycles. The first kappa shape index (κ1) is 24.0. The van der Waals surface area contributed by atoms with E-state index in [1.54, 1.807) is 54.6 Å². The monoisotopic (exact) mass is 510 g/mol. The van der Waals surface area contributed by atoms with E-state index >= 15 is 0 Å². The summed E-state index contributed by atoms with van der Waals surface area (Å²) in [6.07, 6.45) is -8.51. The minimum absolute atomic E-state index is 0.138. The van der Waals surface area contributed by atoms with E-state index in [-0.39, 0.29) is 12.1 Å². The Morgan fingerprint density at radius 3 is 2.21 bits per heavy atom. The number of benzene rings is 3. The standard InChI is InChI=1S/C24H16Cl2F4N2O2/c25-15-4-8-17(9-5-15)31-20-13-21(32(22(20)33)18-10-6-16(26)7-11-18)14-2-1-3-19(12-14)34-24(29,30)23(27)28/h1-12,21,23H,13H2. The van der Waals surface area contributed by atoms with Crippen molar-refractivity contribution in [3.05, 3.63) is 88.4 Å². The smallest absolute Gasteiger partial charge is 0.428 e. The van der Waals surface area contributed by atoms with E-state index < -0.39 is 30.2 Å². The molecule has 0 spiro atoms. The summed E-state index contributed by atoms with van der Waals surface area (Å²) in [4.78, 5) is 19.2. The highest BCUT2D eigenvalue weighted by molar-refractivity contribution is 6.46. The van der Waals surface area contributed by atoms with Crippen LogP contribution in [0.15, 0.2) is 77.8 Å². The number of amides is 1. The van der Waals surface area contributed by atoms with Crippen molar-refractivity contribution >= 4 is 46.2 Å². The third-order valence-electron chi connectivity index (χ3n) is 5.11. The van der Waals surface area contributed by atoms with Crippen LogP contribution >= 0.6 is 23.2 Å². The van der Waals surface area contributed by atoms with Crippen LogP contribution in [0.5, 0.6) is 5.75 Å². The third-order valence-corrected chi connectivity index (χ3v) is 5.61. The quantitative estimate of drug-likeness (QED) is 0.322. The molecule has 34 heavy (non-hydrogen) atoms. The summed E-state index contributed by atoms with van der Waals surface area (Å²) < 4.78 is 56.3. The predicted octanol–water partition coefficient (Wildman–Crippen LogP) is 7.48. The average Bonchev–Trinajstić information content (AvgIpc) is 3.12. The molecule has 4 nitrogen and oxygen atoms in total. The summed E-state index contributed by atoms with van der Waals surface area (Å²) in [5.74, 6) is -0.846. The Bertz CT molecular complexity index is 1220. The van der Waals surface area contributed by atoms with Crippen molar-refractivity contribution in [1.29, 1.82) is 0 Å². The van der Waals surface area contributed by atoms with Crippen LogP contribution in [0.2, 0.25) is 10.0 Å². The van der Waals surface area contributed by atoms with Crippen molar-refractivity contribution in [2.45, 2.75) is 25.0 Å². The van der Waals surface area contributed by atoms with Crippen molar-refractivity contribution in [1.82, 2.24) is 0 Å². The van der Waals surface area contributed by atoms with Gasteiger partial charge in [0.05, 0.1) is 11.7 Å². The first-order valence-electron chi connectivity index (χ1n) is 10.0. The lowest BCUT2D eigenvalue weighted by Crippen LogP contribution is -2.33. The molecule has 1 fully saturated rings. The van der Waals surface area contributed by atoms with Gasteiger partial charge >= 0.3 is 12.5 Å². The lowest BCUT2D eigenvalue weighted by Gasteiger charge is -2.25. The van der Waals surface area contributed by atoms with Crippen LogP contribution < -0.4 is 9.64 Å². The molecule has 1 aliphatic rings. The van der Waals surface area contributed by atoms with Crippen molar-refractivity contribution in [3.8, 4) is 5.75 Å². The number of nitrogens with zero attached hydrogens (tertiary/aromatic N) is 2. The Hall–Kier alpha value is -3.10. The molecule has 4 rings (SSSR count). The fourth-order valence-electron chi connectivity index (χ4n) is 3.56. The molecule has 0 radical (unpaired) electrons. The van der Waals surface area contributed by atoms with E-state index in [1.165, 1.54) is 17.0 Å². The Kier molecular flexibility index (Phi) is 6.81. The van der Waals surface area contributed by atoms with Gasteiger partial charge in [-0.25, -0.2) is 4.99 Å². The van der Waals surface area contributed by atoms with E-state index in [9.17, 15) is 22.4 Å². The van der Waals surface area contributed by atoms with Gasteiger partial charge in [0, 0.05) is 22.2 Å². The maximum absolute atomic E-state index is 13.4. The number of ether oxygens (including phenoxy) is 1. The number of alkyl halides is 4. The highest BCUT2D eigenvalue weighted by Gasteiger charge is 2.44. The zero-order chi connectivity index (χ0) is 24.5. The van der Waals surface area contributed by atoms with E-state index in [2.05, 4.69) is 9.73 Å². The minimum Gasteiger partial charge on any atom is -0.428 e. The number of carbonyl (C=O) groups excluding carboxylic acids is 1. The van der Waals surface area contributed by atoms with E-state index in [4.69, 9.17) is 23.2 Å². The van der Waals surface area contributed by atoms with Gasteiger partial charge in [-0.15, -0.1) is 0 Å². The second-order valence-corrected chi connectivity index (χ2v) is 8.32. The highest BCUT2D eigenvalue weighted by atomic mass is 35.5. The van der Waals surface area contributed by atoms with Crippen molar-refractivity contribution in [3.63, 3.8) is 0 Å². The van der Waals surface area contributed by atoms with E-state index in [0.717, 1.165) is 6.07 Å². The second-order valence-electron chi connectivity index (χ2n) is 7.44. The van der Waals surface area contributed by atoms with Crippen LogP contribution in [0.1, 0.15) is 18.0 Å².